The summed E-state index contributed by atoms with van der Waals surface area (Å²) in [6.45, 7) is 0. The van der Waals surface area contributed by atoms with Crippen molar-refractivity contribution in [1.29, 1.82) is 0 Å². The van der Waals surface area contributed by atoms with E-state index in [4.69, 9.17) is 4.74 Å². The highest BCUT2D eigenvalue weighted by Gasteiger charge is 2.07. The Bertz CT molecular complexity index is 981. The van der Waals surface area contributed by atoms with Gasteiger partial charge in [0.2, 0.25) is 0 Å². The minimum atomic E-state index is 0.881. The van der Waals surface area contributed by atoms with Gasteiger partial charge in [-0.05, 0) is 69.0 Å². The molecule has 0 saturated carbocycles. The van der Waals surface area contributed by atoms with Crippen LogP contribution < -0.4 is 4.74 Å². The van der Waals surface area contributed by atoms with E-state index in [2.05, 4.69) is 76.6 Å². The van der Waals surface area contributed by atoms with E-state index in [0.717, 1.165) is 5.75 Å². The van der Waals surface area contributed by atoms with E-state index < -0.39 is 0 Å². The van der Waals surface area contributed by atoms with Crippen LogP contribution in [0.1, 0.15) is 0 Å². The molecule has 2 aromatic heterocycles. The van der Waals surface area contributed by atoms with Crippen molar-refractivity contribution in [3.8, 4) is 37.1 Å². The molecule has 4 aromatic rings. The Balaban J connectivity index is 1.58. The van der Waals surface area contributed by atoms with Crippen molar-refractivity contribution in [2.24, 2.45) is 0 Å². The SMILES string of the molecule is COc1ccc(-c2ccc(-c3ccc(-c4ccc(Br)s4)s3)cc2)cc1. The van der Waals surface area contributed by atoms with Crippen molar-refractivity contribution in [2.75, 3.05) is 7.11 Å². The van der Waals surface area contributed by atoms with E-state index in [9.17, 15) is 0 Å². The molecule has 0 atom stereocenters. The van der Waals surface area contributed by atoms with Gasteiger partial charge in [-0.25, -0.2) is 0 Å². The van der Waals surface area contributed by atoms with Gasteiger partial charge in [0.1, 0.15) is 5.75 Å². The zero-order chi connectivity index (χ0) is 17.2. The minimum absolute atomic E-state index is 0.881. The molecule has 0 N–H and O–H groups in total. The fourth-order valence-corrected chi connectivity index (χ4v) is 5.17. The van der Waals surface area contributed by atoms with Gasteiger partial charge < -0.3 is 4.74 Å². The summed E-state index contributed by atoms with van der Waals surface area (Å²) in [5, 5.41) is 0. The fourth-order valence-electron chi connectivity index (χ4n) is 2.68. The van der Waals surface area contributed by atoms with Crippen LogP contribution in [0.4, 0.5) is 0 Å². The molecule has 124 valence electrons. The second-order valence-corrected chi connectivity index (χ2v) is 9.12. The number of thiophene rings is 2. The second-order valence-electron chi connectivity index (χ2n) is 5.57. The van der Waals surface area contributed by atoms with Gasteiger partial charge >= 0.3 is 0 Å². The topological polar surface area (TPSA) is 9.23 Å². The predicted molar refractivity (Wildman–Crippen MR) is 113 cm³/mol. The Kier molecular flexibility index (Phi) is 4.75. The van der Waals surface area contributed by atoms with E-state index in [1.54, 1.807) is 18.4 Å². The molecule has 0 unspecified atom stereocenters. The summed E-state index contributed by atoms with van der Waals surface area (Å²) in [7, 11) is 1.69. The normalized spacial score (nSPS) is 10.8. The van der Waals surface area contributed by atoms with Gasteiger partial charge in [0.15, 0.2) is 0 Å². The van der Waals surface area contributed by atoms with Crippen molar-refractivity contribution in [3.63, 3.8) is 0 Å². The Morgan fingerprint density at radius 1 is 0.600 bits per heavy atom. The maximum absolute atomic E-state index is 5.22. The molecule has 0 aliphatic rings. The molecule has 0 aliphatic heterocycles. The lowest BCUT2D eigenvalue weighted by atomic mass is 10.0. The number of hydrogen-bond acceptors (Lipinski definition) is 3. The molecule has 0 spiro atoms. The highest BCUT2D eigenvalue weighted by Crippen LogP contribution is 2.39. The van der Waals surface area contributed by atoms with Gasteiger partial charge in [-0.15, -0.1) is 22.7 Å². The molecule has 4 rings (SSSR count). The Hall–Kier alpha value is -1.88. The lowest BCUT2D eigenvalue weighted by molar-refractivity contribution is 0.415. The van der Waals surface area contributed by atoms with Gasteiger partial charge in [-0.1, -0.05) is 36.4 Å². The highest BCUT2D eigenvalue weighted by molar-refractivity contribution is 9.11. The van der Waals surface area contributed by atoms with Crippen LogP contribution in [0.5, 0.6) is 5.75 Å². The highest BCUT2D eigenvalue weighted by atomic mass is 79.9. The van der Waals surface area contributed by atoms with E-state index in [1.165, 1.54) is 35.1 Å². The number of rotatable bonds is 4. The zero-order valence-corrected chi connectivity index (χ0v) is 16.7. The maximum Gasteiger partial charge on any atom is 0.118 e. The first kappa shape index (κ1) is 16.6. The van der Waals surface area contributed by atoms with Crippen LogP contribution in [0.2, 0.25) is 0 Å². The third kappa shape index (κ3) is 3.56. The molecular weight excluding hydrogens is 412 g/mol. The van der Waals surface area contributed by atoms with Crippen molar-refractivity contribution < 1.29 is 4.74 Å². The van der Waals surface area contributed by atoms with Gasteiger partial charge in [-0.3, -0.25) is 0 Å². The number of hydrogen-bond donors (Lipinski definition) is 0. The van der Waals surface area contributed by atoms with Gasteiger partial charge in [0.25, 0.3) is 0 Å². The summed E-state index contributed by atoms with van der Waals surface area (Å²) in [4.78, 5) is 3.91. The van der Waals surface area contributed by atoms with Crippen LogP contribution in [-0.2, 0) is 0 Å². The lowest BCUT2D eigenvalue weighted by Gasteiger charge is -2.05. The molecule has 25 heavy (non-hydrogen) atoms. The Morgan fingerprint density at radius 2 is 1.12 bits per heavy atom. The van der Waals surface area contributed by atoms with E-state index in [1.807, 2.05) is 23.5 Å². The van der Waals surface area contributed by atoms with Crippen LogP contribution in [-0.4, -0.2) is 7.11 Å². The third-order valence-corrected chi connectivity index (χ3v) is 6.97. The molecule has 0 saturated heterocycles. The summed E-state index contributed by atoms with van der Waals surface area (Å²) < 4.78 is 6.39. The number of halogens is 1. The van der Waals surface area contributed by atoms with E-state index >= 15 is 0 Å². The van der Waals surface area contributed by atoms with Crippen LogP contribution in [0, 0.1) is 0 Å². The molecule has 1 nitrogen and oxygen atoms in total. The molecule has 0 aliphatic carbocycles. The molecule has 2 aromatic carbocycles. The molecule has 4 heteroatoms. The first-order valence-corrected chi connectivity index (χ1v) is 10.3. The smallest absolute Gasteiger partial charge is 0.118 e. The van der Waals surface area contributed by atoms with Crippen molar-refractivity contribution in [1.82, 2.24) is 0 Å². The number of benzene rings is 2. The zero-order valence-electron chi connectivity index (χ0n) is 13.5. The van der Waals surface area contributed by atoms with Crippen molar-refractivity contribution in [2.45, 2.75) is 0 Å². The molecule has 2 heterocycles. The standard InChI is InChI=1S/C21H15BrOS2/c1-23-17-8-6-15(7-9-17)14-2-4-16(5-3-14)18-10-11-19(24-18)20-12-13-21(22)25-20/h2-13H,1H3. The van der Waals surface area contributed by atoms with Crippen LogP contribution in [0.15, 0.2) is 76.6 Å². The maximum atomic E-state index is 5.22. The second kappa shape index (κ2) is 7.16. The first-order valence-electron chi connectivity index (χ1n) is 7.83. The molecule has 0 fully saturated rings. The van der Waals surface area contributed by atoms with Crippen molar-refractivity contribution in [3.05, 3.63) is 76.6 Å². The van der Waals surface area contributed by atoms with Crippen molar-refractivity contribution >= 4 is 38.6 Å². The summed E-state index contributed by atoms with van der Waals surface area (Å²) in [6, 6.07) is 25.6. The first-order chi connectivity index (χ1) is 12.2. The minimum Gasteiger partial charge on any atom is -0.497 e. The average molecular weight is 427 g/mol. The Morgan fingerprint density at radius 3 is 1.72 bits per heavy atom. The molecule has 0 amide bonds. The lowest BCUT2D eigenvalue weighted by Crippen LogP contribution is -1.82. The average Bonchev–Trinajstić information content (AvgIpc) is 3.31. The molecular formula is C21H15BrOS2. The van der Waals surface area contributed by atoms with Crippen LogP contribution >= 0.6 is 38.6 Å². The summed E-state index contributed by atoms with van der Waals surface area (Å²) in [5.41, 5.74) is 3.66. The summed E-state index contributed by atoms with van der Waals surface area (Å²) in [6.07, 6.45) is 0. The van der Waals surface area contributed by atoms with Crippen LogP contribution in [0.3, 0.4) is 0 Å². The fraction of sp³-hybridized carbons (Fsp3) is 0.0476. The largest absolute Gasteiger partial charge is 0.497 e. The third-order valence-electron chi connectivity index (χ3n) is 4.01. The number of methoxy groups -OCH3 is 1. The summed E-state index contributed by atoms with van der Waals surface area (Å²) in [5.74, 6) is 0.881. The van der Waals surface area contributed by atoms with Gasteiger partial charge in [0, 0.05) is 14.6 Å². The monoisotopic (exact) mass is 426 g/mol. The predicted octanol–water partition coefficient (Wildman–Crippen LogP) is 7.58. The molecule has 0 bridgehead atoms. The van der Waals surface area contributed by atoms with E-state index in [-0.39, 0.29) is 0 Å². The van der Waals surface area contributed by atoms with Crippen LogP contribution in [0.25, 0.3) is 31.3 Å². The van der Waals surface area contributed by atoms with Gasteiger partial charge in [0.05, 0.1) is 10.9 Å². The molecule has 0 radical (unpaired) electrons. The van der Waals surface area contributed by atoms with Gasteiger partial charge in [-0.2, -0.15) is 0 Å². The number of ether oxygens (including phenoxy) is 1. The quantitative estimate of drug-likeness (QED) is 0.326. The summed E-state index contributed by atoms with van der Waals surface area (Å²) >= 11 is 7.14. The van der Waals surface area contributed by atoms with E-state index in [0.29, 0.717) is 0 Å². The Labute approximate surface area is 163 Å².